The first-order valence-corrected chi connectivity index (χ1v) is 11.7. The summed E-state index contributed by atoms with van der Waals surface area (Å²) in [6, 6.07) is 10.2. The van der Waals surface area contributed by atoms with E-state index >= 15 is 0 Å². The van der Waals surface area contributed by atoms with Gasteiger partial charge >= 0.3 is 0 Å². The van der Waals surface area contributed by atoms with Crippen molar-refractivity contribution in [1.82, 2.24) is 0 Å². The van der Waals surface area contributed by atoms with Gasteiger partial charge in [0.25, 0.3) is 0 Å². The third-order valence-corrected chi connectivity index (χ3v) is 7.41. The highest BCUT2D eigenvalue weighted by atomic mass is 19.1. The Labute approximate surface area is 185 Å². The molecule has 1 aliphatic carbocycles. The molecule has 0 unspecified atom stereocenters. The number of fused-ring (bicyclic) bond motifs is 1. The van der Waals surface area contributed by atoms with Crippen LogP contribution in [0.3, 0.4) is 0 Å². The summed E-state index contributed by atoms with van der Waals surface area (Å²) in [5.74, 6) is 0.791. The minimum Gasteiger partial charge on any atom is -0.207 e. The second-order valence-corrected chi connectivity index (χ2v) is 10.0. The lowest BCUT2D eigenvalue weighted by atomic mass is 9.79. The van der Waals surface area contributed by atoms with E-state index in [-0.39, 0.29) is 5.56 Å². The van der Waals surface area contributed by atoms with Gasteiger partial charge in [0.1, 0.15) is 11.6 Å². The van der Waals surface area contributed by atoms with Gasteiger partial charge in [-0.25, -0.2) is 8.78 Å². The van der Waals surface area contributed by atoms with Crippen LogP contribution in [0.1, 0.15) is 71.6 Å². The van der Waals surface area contributed by atoms with Crippen molar-refractivity contribution >= 4 is 10.8 Å². The van der Waals surface area contributed by atoms with E-state index in [1.165, 1.54) is 67.3 Å². The molecule has 0 atom stereocenters. The van der Waals surface area contributed by atoms with Gasteiger partial charge in [0.2, 0.25) is 0 Å². The molecule has 31 heavy (non-hydrogen) atoms. The summed E-state index contributed by atoms with van der Waals surface area (Å²) in [5.41, 5.74) is 7.48. The Morgan fingerprint density at radius 2 is 1.39 bits per heavy atom. The van der Waals surface area contributed by atoms with Gasteiger partial charge in [-0.2, -0.15) is 0 Å². The fraction of sp³-hybridized carbons (Fsp3) is 0.448. The average molecular weight is 421 g/mol. The monoisotopic (exact) mass is 420 g/mol. The summed E-state index contributed by atoms with van der Waals surface area (Å²) in [4.78, 5) is 0. The highest BCUT2D eigenvalue weighted by Crippen LogP contribution is 2.33. The third-order valence-electron chi connectivity index (χ3n) is 7.41. The predicted molar refractivity (Wildman–Crippen MR) is 127 cm³/mol. The molecule has 0 N–H and O–H groups in total. The van der Waals surface area contributed by atoms with E-state index in [1.54, 1.807) is 0 Å². The van der Waals surface area contributed by atoms with Crippen molar-refractivity contribution in [2.24, 2.45) is 11.8 Å². The second kappa shape index (κ2) is 8.73. The largest absolute Gasteiger partial charge is 0.207 e. The first-order valence-electron chi connectivity index (χ1n) is 11.7. The molecular formula is C29H34F2. The van der Waals surface area contributed by atoms with E-state index in [0.29, 0.717) is 10.8 Å². The van der Waals surface area contributed by atoms with Crippen LogP contribution in [0.2, 0.25) is 0 Å². The Balaban J connectivity index is 1.60. The fourth-order valence-corrected chi connectivity index (χ4v) is 5.49. The zero-order valence-corrected chi connectivity index (χ0v) is 19.5. The number of rotatable bonds is 4. The predicted octanol–water partition coefficient (Wildman–Crippen LogP) is 8.31. The van der Waals surface area contributed by atoms with Gasteiger partial charge in [0, 0.05) is 10.9 Å². The van der Waals surface area contributed by atoms with E-state index in [2.05, 4.69) is 39.0 Å². The summed E-state index contributed by atoms with van der Waals surface area (Å²) in [5, 5.41) is 1.18. The molecule has 4 rings (SSSR count). The number of aryl methyl sites for hydroxylation is 3. The van der Waals surface area contributed by atoms with Gasteiger partial charge in [0.05, 0.1) is 0 Å². The second-order valence-electron chi connectivity index (χ2n) is 10.0. The van der Waals surface area contributed by atoms with Crippen molar-refractivity contribution in [1.29, 1.82) is 0 Å². The zero-order valence-electron chi connectivity index (χ0n) is 19.5. The van der Waals surface area contributed by atoms with Crippen LogP contribution in [-0.4, -0.2) is 0 Å². The maximum atomic E-state index is 14.6. The Bertz CT molecular complexity index is 1090. The smallest absolute Gasteiger partial charge is 0.137 e. The first-order chi connectivity index (χ1) is 14.7. The topological polar surface area (TPSA) is 0 Å². The van der Waals surface area contributed by atoms with Gasteiger partial charge in [-0.1, -0.05) is 44.0 Å². The van der Waals surface area contributed by atoms with Crippen LogP contribution >= 0.6 is 0 Å². The molecule has 3 aromatic carbocycles. The number of hydrogen-bond donors (Lipinski definition) is 0. The Hall–Kier alpha value is -2.22. The van der Waals surface area contributed by atoms with Crippen LogP contribution in [0.25, 0.3) is 10.8 Å². The standard InChI is InChI=1S/C29H34F2/c1-17-6-8-22(9-7-17)13-23-10-18(2)26(19(3)11-23)15-24-12-20(4)28-25(14-24)16-27(30)21(5)29(28)31/h10-12,14,16-17,22H,6-9,13,15H2,1-5H3. The molecule has 0 amide bonds. The Morgan fingerprint density at radius 1 is 0.774 bits per heavy atom. The summed E-state index contributed by atoms with van der Waals surface area (Å²) in [7, 11) is 0. The molecule has 0 aliphatic heterocycles. The van der Waals surface area contributed by atoms with Crippen molar-refractivity contribution in [3.05, 3.63) is 80.9 Å². The number of hydrogen-bond acceptors (Lipinski definition) is 0. The van der Waals surface area contributed by atoms with E-state index in [1.807, 2.05) is 13.0 Å². The molecule has 1 saturated carbocycles. The fourth-order valence-electron chi connectivity index (χ4n) is 5.49. The summed E-state index contributed by atoms with van der Waals surface area (Å²) in [6.45, 7) is 10.2. The quantitative estimate of drug-likeness (QED) is 0.398. The molecule has 1 fully saturated rings. The molecule has 1 aliphatic rings. The lowest BCUT2D eigenvalue weighted by Gasteiger charge is -2.26. The van der Waals surface area contributed by atoms with Gasteiger partial charge in [-0.05, 0) is 110 Å². The Morgan fingerprint density at radius 3 is 2.03 bits per heavy atom. The third kappa shape index (κ3) is 4.54. The summed E-state index contributed by atoms with van der Waals surface area (Å²) >= 11 is 0. The highest BCUT2D eigenvalue weighted by Gasteiger charge is 2.19. The minimum atomic E-state index is -0.477. The van der Waals surface area contributed by atoms with Crippen LogP contribution < -0.4 is 0 Å². The van der Waals surface area contributed by atoms with Crippen LogP contribution in [0, 0.1) is 51.2 Å². The molecule has 0 spiro atoms. The van der Waals surface area contributed by atoms with Crippen molar-refractivity contribution in [3.63, 3.8) is 0 Å². The molecule has 0 nitrogen and oxygen atoms in total. The normalized spacial score (nSPS) is 19.2. The number of benzene rings is 3. The van der Waals surface area contributed by atoms with E-state index in [9.17, 15) is 8.78 Å². The van der Waals surface area contributed by atoms with Gasteiger partial charge < -0.3 is 0 Å². The summed E-state index contributed by atoms with van der Waals surface area (Å²) in [6.07, 6.45) is 7.40. The average Bonchev–Trinajstić information content (AvgIpc) is 2.70. The minimum absolute atomic E-state index is 0.0954. The molecule has 3 aromatic rings. The molecule has 0 heterocycles. The van der Waals surface area contributed by atoms with Gasteiger partial charge in [-0.15, -0.1) is 0 Å². The van der Waals surface area contributed by atoms with Crippen molar-refractivity contribution in [3.8, 4) is 0 Å². The lowest BCUT2D eigenvalue weighted by Crippen LogP contribution is -2.14. The van der Waals surface area contributed by atoms with Crippen LogP contribution in [0.5, 0.6) is 0 Å². The molecule has 0 aromatic heterocycles. The SMILES string of the molecule is Cc1cc(CC2CCC(C)CC2)cc(C)c1Cc1cc(C)c2c(F)c(C)c(F)cc2c1. The van der Waals surface area contributed by atoms with Crippen LogP contribution in [0.15, 0.2) is 30.3 Å². The maximum Gasteiger partial charge on any atom is 0.137 e. The van der Waals surface area contributed by atoms with E-state index in [4.69, 9.17) is 0 Å². The van der Waals surface area contributed by atoms with E-state index < -0.39 is 11.6 Å². The molecule has 164 valence electrons. The Kier molecular flexibility index (Phi) is 6.19. The number of halogens is 2. The molecular weight excluding hydrogens is 386 g/mol. The summed E-state index contributed by atoms with van der Waals surface area (Å²) < 4.78 is 28.8. The van der Waals surface area contributed by atoms with Crippen LogP contribution in [-0.2, 0) is 12.8 Å². The van der Waals surface area contributed by atoms with Gasteiger partial charge in [-0.3, -0.25) is 0 Å². The lowest BCUT2D eigenvalue weighted by molar-refractivity contribution is 0.289. The van der Waals surface area contributed by atoms with Crippen LogP contribution in [0.4, 0.5) is 8.78 Å². The molecule has 0 radical (unpaired) electrons. The maximum absolute atomic E-state index is 14.6. The van der Waals surface area contributed by atoms with Crippen molar-refractivity contribution in [2.45, 2.75) is 73.1 Å². The molecule has 0 saturated heterocycles. The molecule has 2 heteroatoms. The van der Waals surface area contributed by atoms with Crippen molar-refractivity contribution in [2.75, 3.05) is 0 Å². The highest BCUT2D eigenvalue weighted by molar-refractivity contribution is 5.88. The molecule has 0 bridgehead atoms. The first kappa shape index (κ1) is 22.0. The van der Waals surface area contributed by atoms with Crippen molar-refractivity contribution < 1.29 is 8.78 Å². The van der Waals surface area contributed by atoms with Gasteiger partial charge in [0.15, 0.2) is 0 Å². The van der Waals surface area contributed by atoms with E-state index in [0.717, 1.165) is 29.4 Å². The zero-order chi connectivity index (χ0) is 22.3.